The van der Waals surface area contributed by atoms with E-state index in [1.165, 1.54) is 25.7 Å². The Bertz CT molecular complexity index is 250. The standard InChI is InChI=1S/C13H22O/c1-12(2)7-5-9-13(3)8-4-6-10(14)11(12)13/h11H,4-9H2,1-3H3. The molecule has 0 spiro atoms. The zero-order valence-electron chi connectivity index (χ0n) is 9.73. The van der Waals surface area contributed by atoms with Crippen molar-refractivity contribution in [3.8, 4) is 0 Å². The second-order valence-corrected chi connectivity index (χ2v) is 6.25. The molecule has 0 aromatic heterocycles. The summed E-state index contributed by atoms with van der Waals surface area (Å²) < 4.78 is 0. The average molecular weight is 194 g/mol. The summed E-state index contributed by atoms with van der Waals surface area (Å²) in [6.07, 6.45) is 7.05. The zero-order valence-corrected chi connectivity index (χ0v) is 9.73. The van der Waals surface area contributed by atoms with Crippen LogP contribution in [0.2, 0.25) is 0 Å². The van der Waals surface area contributed by atoms with Gasteiger partial charge in [0.15, 0.2) is 0 Å². The number of hydrogen-bond acceptors (Lipinski definition) is 1. The Balaban J connectivity index is 2.33. The molecule has 14 heavy (non-hydrogen) atoms. The lowest BCUT2D eigenvalue weighted by molar-refractivity contribution is -0.141. The van der Waals surface area contributed by atoms with Crippen LogP contribution < -0.4 is 0 Å². The Hall–Kier alpha value is -0.330. The molecule has 2 aliphatic carbocycles. The number of Topliss-reactive ketones (excluding diaryl/α,β-unsaturated/α-hetero) is 1. The molecule has 2 unspecified atom stereocenters. The van der Waals surface area contributed by atoms with Crippen LogP contribution in [0.5, 0.6) is 0 Å². The van der Waals surface area contributed by atoms with Crippen LogP contribution in [0, 0.1) is 16.7 Å². The lowest BCUT2D eigenvalue weighted by atomic mass is 9.51. The first-order valence-corrected chi connectivity index (χ1v) is 5.98. The molecule has 2 saturated carbocycles. The van der Waals surface area contributed by atoms with Crippen molar-refractivity contribution in [1.29, 1.82) is 0 Å². The van der Waals surface area contributed by atoms with Crippen LogP contribution >= 0.6 is 0 Å². The summed E-state index contributed by atoms with van der Waals surface area (Å²) in [5.74, 6) is 0.890. The average Bonchev–Trinajstić information content (AvgIpc) is 2.00. The van der Waals surface area contributed by atoms with Crippen LogP contribution in [-0.2, 0) is 4.79 Å². The Kier molecular flexibility index (Phi) is 2.24. The highest BCUT2D eigenvalue weighted by Crippen LogP contribution is 2.56. The van der Waals surface area contributed by atoms with Gasteiger partial charge >= 0.3 is 0 Å². The molecule has 0 aromatic rings. The molecule has 2 atom stereocenters. The molecule has 1 heteroatoms. The molecule has 2 rings (SSSR count). The number of ketones is 1. The predicted octanol–water partition coefficient (Wildman–Crippen LogP) is 3.57. The summed E-state index contributed by atoms with van der Waals surface area (Å²) >= 11 is 0. The van der Waals surface area contributed by atoms with Crippen molar-refractivity contribution in [3.05, 3.63) is 0 Å². The van der Waals surface area contributed by atoms with Crippen LogP contribution in [-0.4, -0.2) is 5.78 Å². The fourth-order valence-corrected chi connectivity index (χ4v) is 4.08. The van der Waals surface area contributed by atoms with E-state index in [-0.39, 0.29) is 5.41 Å². The van der Waals surface area contributed by atoms with E-state index >= 15 is 0 Å². The molecule has 80 valence electrons. The molecule has 0 aliphatic heterocycles. The van der Waals surface area contributed by atoms with Gasteiger partial charge in [-0.3, -0.25) is 4.79 Å². The normalized spacial score (nSPS) is 41.9. The Morgan fingerprint density at radius 3 is 2.36 bits per heavy atom. The van der Waals surface area contributed by atoms with E-state index in [2.05, 4.69) is 20.8 Å². The van der Waals surface area contributed by atoms with Crippen LogP contribution in [0.3, 0.4) is 0 Å². The first-order valence-electron chi connectivity index (χ1n) is 5.98. The smallest absolute Gasteiger partial charge is 0.137 e. The number of hydrogen-bond donors (Lipinski definition) is 0. The highest BCUT2D eigenvalue weighted by molar-refractivity contribution is 5.83. The SMILES string of the molecule is CC1(C)CCCC2(C)CCCC(=O)C12. The molecule has 0 N–H and O–H groups in total. The maximum atomic E-state index is 12.0. The van der Waals surface area contributed by atoms with E-state index in [1.807, 2.05) is 0 Å². The predicted molar refractivity (Wildman–Crippen MR) is 58.1 cm³/mol. The first kappa shape index (κ1) is 10.2. The number of rotatable bonds is 0. The number of fused-ring (bicyclic) bond motifs is 1. The van der Waals surface area contributed by atoms with Gasteiger partial charge in [0.05, 0.1) is 0 Å². The lowest BCUT2D eigenvalue weighted by Crippen LogP contribution is -2.48. The van der Waals surface area contributed by atoms with Crippen LogP contribution in [0.15, 0.2) is 0 Å². The van der Waals surface area contributed by atoms with E-state index in [4.69, 9.17) is 0 Å². The van der Waals surface area contributed by atoms with Gasteiger partial charge in [-0.15, -0.1) is 0 Å². The second kappa shape index (κ2) is 3.08. The van der Waals surface area contributed by atoms with Crippen molar-refractivity contribution in [3.63, 3.8) is 0 Å². The van der Waals surface area contributed by atoms with Crippen LogP contribution in [0.25, 0.3) is 0 Å². The summed E-state index contributed by atoms with van der Waals surface area (Å²) in [5, 5.41) is 0. The van der Waals surface area contributed by atoms with Gasteiger partial charge in [-0.1, -0.05) is 27.2 Å². The fraction of sp³-hybridized carbons (Fsp3) is 0.923. The van der Waals surface area contributed by atoms with Crippen molar-refractivity contribution in [2.24, 2.45) is 16.7 Å². The molecule has 2 fully saturated rings. The van der Waals surface area contributed by atoms with E-state index < -0.39 is 0 Å². The molecule has 0 aromatic carbocycles. The summed E-state index contributed by atoms with van der Waals surface area (Å²) in [7, 11) is 0. The second-order valence-electron chi connectivity index (χ2n) is 6.25. The topological polar surface area (TPSA) is 17.1 Å². The van der Waals surface area contributed by atoms with Crippen LogP contribution in [0.1, 0.15) is 59.3 Å². The Morgan fingerprint density at radius 2 is 1.71 bits per heavy atom. The lowest BCUT2D eigenvalue weighted by Gasteiger charge is -2.52. The van der Waals surface area contributed by atoms with E-state index in [0.29, 0.717) is 17.1 Å². The number of carbonyl (C=O) groups excluding carboxylic acids is 1. The highest BCUT2D eigenvalue weighted by Gasteiger charge is 2.51. The molecule has 1 nitrogen and oxygen atoms in total. The first-order chi connectivity index (χ1) is 6.46. The third kappa shape index (κ3) is 1.41. The van der Waals surface area contributed by atoms with Crippen molar-refractivity contribution in [2.45, 2.75) is 59.3 Å². The van der Waals surface area contributed by atoms with Gasteiger partial charge in [-0.25, -0.2) is 0 Å². The van der Waals surface area contributed by atoms with Crippen LogP contribution in [0.4, 0.5) is 0 Å². The van der Waals surface area contributed by atoms with Gasteiger partial charge in [-0.2, -0.15) is 0 Å². The molecule has 0 saturated heterocycles. The number of carbonyl (C=O) groups is 1. The van der Waals surface area contributed by atoms with E-state index in [9.17, 15) is 4.79 Å². The maximum Gasteiger partial charge on any atom is 0.137 e. The van der Waals surface area contributed by atoms with Crippen molar-refractivity contribution in [1.82, 2.24) is 0 Å². The molecular weight excluding hydrogens is 172 g/mol. The van der Waals surface area contributed by atoms with Crippen molar-refractivity contribution >= 4 is 5.78 Å². The van der Waals surface area contributed by atoms with Gasteiger partial charge < -0.3 is 0 Å². The monoisotopic (exact) mass is 194 g/mol. The quantitative estimate of drug-likeness (QED) is 0.576. The minimum Gasteiger partial charge on any atom is -0.299 e. The van der Waals surface area contributed by atoms with Crippen molar-refractivity contribution in [2.75, 3.05) is 0 Å². The Morgan fingerprint density at radius 1 is 1.07 bits per heavy atom. The maximum absolute atomic E-state index is 12.0. The van der Waals surface area contributed by atoms with Gasteiger partial charge in [0.25, 0.3) is 0 Å². The van der Waals surface area contributed by atoms with Crippen molar-refractivity contribution < 1.29 is 4.79 Å². The molecular formula is C13H22O. The zero-order chi connectivity index (χ0) is 10.4. The fourth-order valence-electron chi connectivity index (χ4n) is 4.08. The van der Waals surface area contributed by atoms with Gasteiger partial charge in [0.1, 0.15) is 5.78 Å². The highest BCUT2D eigenvalue weighted by atomic mass is 16.1. The molecule has 0 amide bonds. The summed E-state index contributed by atoms with van der Waals surface area (Å²) in [5.41, 5.74) is 0.585. The summed E-state index contributed by atoms with van der Waals surface area (Å²) in [6, 6.07) is 0. The van der Waals surface area contributed by atoms with Gasteiger partial charge in [-0.05, 0) is 36.5 Å². The third-order valence-corrected chi connectivity index (χ3v) is 4.54. The molecule has 0 radical (unpaired) electrons. The Labute approximate surface area is 87.3 Å². The third-order valence-electron chi connectivity index (χ3n) is 4.54. The molecule has 0 heterocycles. The van der Waals surface area contributed by atoms with Gasteiger partial charge in [0, 0.05) is 12.3 Å². The van der Waals surface area contributed by atoms with Gasteiger partial charge in [0.2, 0.25) is 0 Å². The van der Waals surface area contributed by atoms with E-state index in [1.54, 1.807) is 0 Å². The molecule has 0 bridgehead atoms. The summed E-state index contributed by atoms with van der Waals surface area (Å²) in [6.45, 7) is 6.92. The van der Waals surface area contributed by atoms with E-state index in [0.717, 1.165) is 12.8 Å². The summed E-state index contributed by atoms with van der Waals surface area (Å²) in [4.78, 5) is 12.0. The largest absolute Gasteiger partial charge is 0.299 e. The molecule has 2 aliphatic rings. The minimum absolute atomic E-state index is 0.254. The minimum atomic E-state index is 0.254.